The number of amides is 2. The number of nitrogens with one attached hydrogen (secondary N) is 2. The Morgan fingerprint density at radius 1 is 1.35 bits per heavy atom. The number of fused-ring (bicyclic) bond motifs is 1. The van der Waals surface area contributed by atoms with Crippen LogP contribution in [0, 0.1) is 0 Å². The highest BCUT2D eigenvalue weighted by molar-refractivity contribution is 5.95. The fourth-order valence-corrected chi connectivity index (χ4v) is 2.88. The van der Waals surface area contributed by atoms with Gasteiger partial charge in [-0.2, -0.15) is 0 Å². The van der Waals surface area contributed by atoms with Gasteiger partial charge in [0.05, 0.1) is 6.54 Å². The second-order valence-corrected chi connectivity index (χ2v) is 5.34. The molecule has 0 unspecified atom stereocenters. The molecule has 5 nitrogen and oxygen atoms in total. The summed E-state index contributed by atoms with van der Waals surface area (Å²) in [6, 6.07) is 5.98. The number of carbonyl (C=O) groups excluding carboxylic acids is 2. The highest BCUT2D eigenvalue weighted by Crippen LogP contribution is 2.23. The van der Waals surface area contributed by atoms with Crippen LogP contribution < -0.4 is 10.6 Å². The standard InChI is InChI=1S/C15H19N3O2/c19-14(10-18-8-2-5-15(18)20)17-13-4-1-3-11-9-16-7-6-12(11)13/h1,3-4,16H,2,5-10H2,(H,17,19). The van der Waals surface area contributed by atoms with Gasteiger partial charge < -0.3 is 15.5 Å². The zero-order valence-corrected chi connectivity index (χ0v) is 11.4. The summed E-state index contributed by atoms with van der Waals surface area (Å²) in [5.41, 5.74) is 3.35. The third kappa shape index (κ3) is 2.67. The van der Waals surface area contributed by atoms with Gasteiger partial charge in [-0.25, -0.2) is 0 Å². The molecule has 1 saturated heterocycles. The number of carbonyl (C=O) groups is 2. The average Bonchev–Trinajstić information content (AvgIpc) is 2.85. The highest BCUT2D eigenvalue weighted by Gasteiger charge is 2.23. The van der Waals surface area contributed by atoms with Crippen LogP contribution in [-0.4, -0.2) is 36.3 Å². The molecule has 2 N–H and O–H groups in total. The van der Waals surface area contributed by atoms with Crippen molar-refractivity contribution in [3.8, 4) is 0 Å². The summed E-state index contributed by atoms with van der Waals surface area (Å²) in [5.74, 6) is -0.0216. The molecule has 2 amide bonds. The van der Waals surface area contributed by atoms with E-state index in [-0.39, 0.29) is 18.4 Å². The van der Waals surface area contributed by atoms with Crippen molar-refractivity contribution in [3.63, 3.8) is 0 Å². The van der Waals surface area contributed by atoms with Crippen LogP contribution in [0.2, 0.25) is 0 Å². The molecule has 3 rings (SSSR count). The Bertz CT molecular complexity index is 542. The van der Waals surface area contributed by atoms with Crippen molar-refractivity contribution in [2.45, 2.75) is 25.8 Å². The molecule has 2 aliphatic rings. The van der Waals surface area contributed by atoms with Crippen molar-refractivity contribution >= 4 is 17.5 Å². The maximum absolute atomic E-state index is 12.1. The van der Waals surface area contributed by atoms with Gasteiger partial charge in [0.15, 0.2) is 0 Å². The van der Waals surface area contributed by atoms with E-state index in [1.54, 1.807) is 4.90 Å². The van der Waals surface area contributed by atoms with Crippen LogP contribution in [0.4, 0.5) is 5.69 Å². The maximum atomic E-state index is 12.1. The Morgan fingerprint density at radius 3 is 3.05 bits per heavy atom. The molecule has 2 heterocycles. The van der Waals surface area contributed by atoms with E-state index in [2.05, 4.69) is 16.7 Å². The van der Waals surface area contributed by atoms with E-state index < -0.39 is 0 Å². The zero-order chi connectivity index (χ0) is 13.9. The number of anilines is 1. The molecule has 0 atom stereocenters. The van der Waals surface area contributed by atoms with Gasteiger partial charge in [-0.05, 0) is 36.6 Å². The van der Waals surface area contributed by atoms with Crippen LogP contribution in [0.3, 0.4) is 0 Å². The predicted octanol–water partition coefficient (Wildman–Crippen LogP) is 0.893. The van der Waals surface area contributed by atoms with Gasteiger partial charge in [-0.15, -0.1) is 0 Å². The minimum Gasteiger partial charge on any atom is -0.333 e. The van der Waals surface area contributed by atoms with Crippen molar-refractivity contribution in [2.24, 2.45) is 0 Å². The molecular weight excluding hydrogens is 254 g/mol. The van der Waals surface area contributed by atoms with Gasteiger partial charge in [-0.3, -0.25) is 9.59 Å². The van der Waals surface area contributed by atoms with Gasteiger partial charge >= 0.3 is 0 Å². The van der Waals surface area contributed by atoms with Gasteiger partial charge in [0, 0.05) is 25.2 Å². The van der Waals surface area contributed by atoms with E-state index in [1.807, 2.05) is 12.1 Å². The summed E-state index contributed by atoms with van der Waals surface area (Å²) in [5, 5.41) is 6.28. The second-order valence-electron chi connectivity index (χ2n) is 5.34. The second kappa shape index (κ2) is 5.63. The Balaban J connectivity index is 1.68. The van der Waals surface area contributed by atoms with E-state index >= 15 is 0 Å². The largest absolute Gasteiger partial charge is 0.333 e. The lowest BCUT2D eigenvalue weighted by Crippen LogP contribution is -2.34. The Kier molecular flexibility index (Phi) is 3.69. The van der Waals surface area contributed by atoms with E-state index in [0.29, 0.717) is 13.0 Å². The molecule has 0 bridgehead atoms. The first-order valence-corrected chi connectivity index (χ1v) is 7.13. The van der Waals surface area contributed by atoms with Crippen LogP contribution in [-0.2, 0) is 22.6 Å². The van der Waals surface area contributed by atoms with Crippen LogP contribution in [0.25, 0.3) is 0 Å². The van der Waals surface area contributed by atoms with E-state index in [0.717, 1.165) is 31.6 Å². The molecule has 106 valence electrons. The third-order valence-corrected chi connectivity index (χ3v) is 3.92. The van der Waals surface area contributed by atoms with Crippen LogP contribution in [0.5, 0.6) is 0 Å². The van der Waals surface area contributed by atoms with Gasteiger partial charge in [-0.1, -0.05) is 12.1 Å². The number of likely N-dealkylation sites (tertiary alicyclic amines) is 1. The van der Waals surface area contributed by atoms with E-state index in [4.69, 9.17) is 0 Å². The Hall–Kier alpha value is -1.88. The first-order chi connectivity index (χ1) is 9.74. The lowest BCUT2D eigenvalue weighted by molar-refractivity contribution is -0.131. The first kappa shape index (κ1) is 13.1. The molecule has 1 aromatic rings. The predicted molar refractivity (Wildman–Crippen MR) is 76.3 cm³/mol. The summed E-state index contributed by atoms with van der Waals surface area (Å²) in [6.45, 7) is 2.65. The summed E-state index contributed by atoms with van der Waals surface area (Å²) in [4.78, 5) is 25.2. The molecule has 0 aromatic heterocycles. The molecule has 0 spiro atoms. The summed E-state index contributed by atoms with van der Waals surface area (Å²) >= 11 is 0. The smallest absolute Gasteiger partial charge is 0.244 e. The number of hydrogen-bond donors (Lipinski definition) is 2. The topological polar surface area (TPSA) is 61.4 Å². The average molecular weight is 273 g/mol. The molecule has 20 heavy (non-hydrogen) atoms. The van der Waals surface area contributed by atoms with Gasteiger partial charge in [0.1, 0.15) is 0 Å². The lowest BCUT2D eigenvalue weighted by Gasteiger charge is -2.21. The molecule has 0 aliphatic carbocycles. The normalized spacial score (nSPS) is 18.0. The van der Waals surface area contributed by atoms with Crippen LogP contribution in [0.1, 0.15) is 24.0 Å². The zero-order valence-electron chi connectivity index (χ0n) is 11.4. The molecular formula is C15H19N3O2. The van der Waals surface area contributed by atoms with Crippen molar-refractivity contribution in [1.82, 2.24) is 10.2 Å². The first-order valence-electron chi connectivity index (χ1n) is 7.13. The van der Waals surface area contributed by atoms with Gasteiger partial charge in [0.2, 0.25) is 11.8 Å². The number of hydrogen-bond acceptors (Lipinski definition) is 3. The van der Waals surface area contributed by atoms with Crippen molar-refractivity contribution in [3.05, 3.63) is 29.3 Å². The monoisotopic (exact) mass is 273 g/mol. The minimum absolute atomic E-state index is 0.0828. The molecule has 2 aliphatic heterocycles. The van der Waals surface area contributed by atoms with Crippen LogP contribution in [0.15, 0.2) is 18.2 Å². The molecule has 5 heteroatoms. The van der Waals surface area contributed by atoms with Crippen molar-refractivity contribution in [2.75, 3.05) is 25.0 Å². The minimum atomic E-state index is -0.104. The molecule has 0 saturated carbocycles. The SMILES string of the molecule is O=C(CN1CCCC1=O)Nc1cccc2c1CCNC2. The molecule has 0 radical (unpaired) electrons. The lowest BCUT2D eigenvalue weighted by atomic mass is 9.99. The maximum Gasteiger partial charge on any atom is 0.244 e. The quantitative estimate of drug-likeness (QED) is 0.860. The summed E-state index contributed by atoms with van der Waals surface area (Å²) < 4.78 is 0. The van der Waals surface area contributed by atoms with Gasteiger partial charge in [0.25, 0.3) is 0 Å². The molecule has 1 fully saturated rings. The van der Waals surface area contributed by atoms with Crippen molar-refractivity contribution in [1.29, 1.82) is 0 Å². The van der Waals surface area contributed by atoms with E-state index in [1.165, 1.54) is 11.1 Å². The highest BCUT2D eigenvalue weighted by atomic mass is 16.2. The molecule has 1 aromatic carbocycles. The Labute approximate surface area is 118 Å². The summed E-state index contributed by atoms with van der Waals surface area (Å²) in [6.07, 6.45) is 2.35. The number of rotatable bonds is 3. The van der Waals surface area contributed by atoms with E-state index in [9.17, 15) is 9.59 Å². The third-order valence-electron chi connectivity index (χ3n) is 3.92. The van der Waals surface area contributed by atoms with Crippen LogP contribution >= 0.6 is 0 Å². The fraction of sp³-hybridized carbons (Fsp3) is 0.467. The summed E-state index contributed by atoms with van der Waals surface area (Å²) in [7, 11) is 0. The Morgan fingerprint density at radius 2 is 2.25 bits per heavy atom. The van der Waals surface area contributed by atoms with Crippen molar-refractivity contribution < 1.29 is 9.59 Å². The number of nitrogens with zero attached hydrogens (tertiary/aromatic N) is 1. The fourth-order valence-electron chi connectivity index (χ4n) is 2.88. The number of benzene rings is 1.